The summed E-state index contributed by atoms with van der Waals surface area (Å²) in [6.45, 7) is 0.497. The quantitative estimate of drug-likeness (QED) is 0.368. The largest absolute Gasteiger partial charge is 0.435 e. The number of carbonyl (C=O) groups excluding carboxylic acids is 1. The van der Waals surface area contributed by atoms with Gasteiger partial charge in [-0.15, -0.1) is 0 Å². The Balaban J connectivity index is 1.54. The molecule has 190 valence electrons. The number of nitrogens with two attached hydrogens (primary N) is 1. The number of amides is 1. The summed E-state index contributed by atoms with van der Waals surface area (Å²) >= 11 is 6.88. The summed E-state index contributed by atoms with van der Waals surface area (Å²) in [7, 11) is 3.00. The molecule has 2 aliphatic rings. The Morgan fingerprint density at radius 1 is 1.28 bits per heavy atom. The highest BCUT2D eigenvalue weighted by Crippen LogP contribution is 2.54. The van der Waals surface area contributed by atoms with E-state index < -0.39 is 29.0 Å². The molecule has 0 bridgehead atoms. The number of pyridine rings is 1. The van der Waals surface area contributed by atoms with E-state index in [2.05, 4.69) is 15.4 Å². The van der Waals surface area contributed by atoms with Crippen LogP contribution in [0.4, 0.5) is 29.1 Å². The molecule has 0 saturated heterocycles. The molecule has 1 fully saturated rings. The average Bonchev–Trinajstić information content (AvgIpc) is 3.54. The van der Waals surface area contributed by atoms with Crippen molar-refractivity contribution >= 4 is 29.0 Å². The lowest BCUT2D eigenvalue weighted by molar-refractivity contribution is -0.141. The third kappa shape index (κ3) is 3.76. The fourth-order valence-corrected chi connectivity index (χ4v) is 5.72. The van der Waals surface area contributed by atoms with Crippen LogP contribution in [0.2, 0.25) is 5.02 Å². The standard InChI is InChI=1S/C24H23ClF4N6O/c1-34(2)22(36)17-15(30)4-3-13(20(17)26)14-10-31-21-18(19(14)25)23(11-32-21)7-5-12(9-23)35-8-6-16(33-35)24(27,28)29/h3-4,6,8,10,12H,5,7,9,11,30H2,1-2H3,(H,31,32)/t12-,23+/m0/s1. The number of nitrogens with zero attached hydrogens (tertiary/aromatic N) is 4. The number of benzene rings is 1. The molecule has 2 atom stereocenters. The van der Waals surface area contributed by atoms with Gasteiger partial charge >= 0.3 is 6.18 Å². The summed E-state index contributed by atoms with van der Waals surface area (Å²) in [6, 6.07) is 3.62. The topological polar surface area (TPSA) is 89.1 Å². The van der Waals surface area contributed by atoms with Crippen LogP contribution >= 0.6 is 11.6 Å². The summed E-state index contributed by atoms with van der Waals surface area (Å²) < 4.78 is 56.1. The van der Waals surface area contributed by atoms with Gasteiger partial charge in [-0.1, -0.05) is 11.6 Å². The third-order valence-corrected chi connectivity index (χ3v) is 7.47. The third-order valence-electron chi connectivity index (χ3n) is 7.08. The molecule has 36 heavy (non-hydrogen) atoms. The molecule has 12 heteroatoms. The van der Waals surface area contributed by atoms with Gasteiger partial charge in [-0.25, -0.2) is 9.37 Å². The van der Waals surface area contributed by atoms with Crippen LogP contribution in [0.5, 0.6) is 0 Å². The first-order valence-electron chi connectivity index (χ1n) is 11.3. The maximum Gasteiger partial charge on any atom is 0.435 e. The van der Waals surface area contributed by atoms with Crippen molar-refractivity contribution in [1.82, 2.24) is 19.7 Å². The van der Waals surface area contributed by atoms with Crippen LogP contribution in [0.3, 0.4) is 0 Å². The van der Waals surface area contributed by atoms with Gasteiger partial charge in [-0.3, -0.25) is 9.48 Å². The van der Waals surface area contributed by atoms with Crippen LogP contribution in [0.1, 0.15) is 46.9 Å². The van der Waals surface area contributed by atoms with Gasteiger partial charge in [0.1, 0.15) is 11.6 Å². The summed E-state index contributed by atoms with van der Waals surface area (Å²) in [5, 5.41) is 7.28. The van der Waals surface area contributed by atoms with Crippen molar-refractivity contribution < 1.29 is 22.4 Å². The molecule has 1 saturated carbocycles. The van der Waals surface area contributed by atoms with E-state index >= 15 is 4.39 Å². The monoisotopic (exact) mass is 522 g/mol. The number of hydrogen-bond donors (Lipinski definition) is 2. The van der Waals surface area contributed by atoms with Gasteiger partial charge in [-0.2, -0.15) is 18.3 Å². The van der Waals surface area contributed by atoms with Crippen LogP contribution in [0, 0.1) is 5.82 Å². The highest BCUT2D eigenvalue weighted by Gasteiger charge is 2.48. The second-order valence-electron chi connectivity index (χ2n) is 9.51. The maximum absolute atomic E-state index is 15.6. The molecule has 3 aromatic rings. The van der Waals surface area contributed by atoms with Crippen LogP contribution in [-0.4, -0.2) is 46.2 Å². The number of fused-ring (bicyclic) bond motifs is 2. The smallest absolute Gasteiger partial charge is 0.398 e. The van der Waals surface area contributed by atoms with Crippen molar-refractivity contribution in [2.45, 2.75) is 36.9 Å². The highest BCUT2D eigenvalue weighted by atomic mass is 35.5. The number of hydrogen-bond acceptors (Lipinski definition) is 5. The lowest BCUT2D eigenvalue weighted by atomic mass is 9.80. The van der Waals surface area contributed by atoms with Crippen molar-refractivity contribution in [3.63, 3.8) is 0 Å². The number of carbonyl (C=O) groups is 1. The number of rotatable bonds is 3. The van der Waals surface area contributed by atoms with Crippen LogP contribution in [0.15, 0.2) is 30.6 Å². The highest BCUT2D eigenvalue weighted by molar-refractivity contribution is 6.34. The van der Waals surface area contributed by atoms with E-state index in [0.29, 0.717) is 42.8 Å². The predicted octanol–water partition coefficient (Wildman–Crippen LogP) is 5.13. The average molecular weight is 523 g/mol. The Labute approximate surface area is 209 Å². The lowest BCUT2D eigenvalue weighted by Gasteiger charge is -2.25. The van der Waals surface area contributed by atoms with E-state index in [4.69, 9.17) is 17.3 Å². The van der Waals surface area contributed by atoms with E-state index in [-0.39, 0.29) is 27.9 Å². The minimum absolute atomic E-state index is 0.00871. The number of anilines is 2. The fourth-order valence-electron chi connectivity index (χ4n) is 5.28. The van der Waals surface area contributed by atoms with Gasteiger partial charge < -0.3 is 16.0 Å². The van der Waals surface area contributed by atoms with Crippen molar-refractivity contribution in [2.75, 3.05) is 31.7 Å². The van der Waals surface area contributed by atoms with Crippen molar-refractivity contribution in [1.29, 1.82) is 0 Å². The summed E-state index contributed by atoms with van der Waals surface area (Å²) in [5.41, 5.74) is 5.33. The molecule has 1 aromatic carbocycles. The lowest BCUT2D eigenvalue weighted by Crippen LogP contribution is -2.26. The molecule has 3 N–H and O–H groups in total. The molecular formula is C24H23ClF4N6O. The normalized spacial score (nSPS) is 21.0. The van der Waals surface area contributed by atoms with Crippen molar-refractivity contribution in [2.24, 2.45) is 0 Å². The summed E-state index contributed by atoms with van der Waals surface area (Å²) in [6.07, 6.45) is 0.00360. The van der Waals surface area contributed by atoms with Gasteiger partial charge in [0, 0.05) is 60.8 Å². The first kappa shape index (κ1) is 24.4. The SMILES string of the molecule is CN(C)C(=O)c1c(N)ccc(-c2cnc3c(c2Cl)[C@@]2(CC[C@H](n4ccc(C(F)(F)F)n4)C2)CN3)c1F. The number of alkyl halides is 3. The molecule has 1 aliphatic heterocycles. The van der Waals surface area contributed by atoms with E-state index in [1.165, 1.54) is 48.2 Å². The molecule has 1 aliphatic carbocycles. The Morgan fingerprint density at radius 3 is 2.69 bits per heavy atom. The van der Waals surface area contributed by atoms with E-state index in [9.17, 15) is 18.0 Å². The first-order valence-corrected chi connectivity index (χ1v) is 11.7. The van der Waals surface area contributed by atoms with Gasteiger partial charge in [0.05, 0.1) is 16.6 Å². The first-order chi connectivity index (χ1) is 16.9. The molecule has 1 amide bonds. The Hall–Kier alpha value is -3.34. The Kier molecular flexibility index (Phi) is 5.66. The van der Waals surface area contributed by atoms with Crippen LogP contribution in [-0.2, 0) is 11.6 Å². The second kappa shape index (κ2) is 8.36. The molecule has 5 rings (SSSR count). The van der Waals surface area contributed by atoms with Crippen molar-refractivity contribution in [3.05, 3.63) is 58.3 Å². The van der Waals surface area contributed by atoms with Crippen LogP contribution < -0.4 is 11.1 Å². The Bertz CT molecular complexity index is 1370. The molecule has 0 radical (unpaired) electrons. The van der Waals surface area contributed by atoms with E-state index in [0.717, 1.165) is 6.07 Å². The molecular weight excluding hydrogens is 500 g/mol. The number of nitrogens with one attached hydrogen (secondary N) is 1. The number of halogens is 5. The molecule has 7 nitrogen and oxygen atoms in total. The molecule has 2 aromatic heterocycles. The van der Waals surface area contributed by atoms with Crippen LogP contribution in [0.25, 0.3) is 11.1 Å². The minimum atomic E-state index is -4.51. The second-order valence-corrected chi connectivity index (χ2v) is 9.89. The minimum Gasteiger partial charge on any atom is -0.398 e. The van der Waals surface area contributed by atoms with E-state index in [1.807, 2.05) is 0 Å². The summed E-state index contributed by atoms with van der Waals surface area (Å²) in [5.74, 6) is -0.814. The van der Waals surface area contributed by atoms with Crippen molar-refractivity contribution in [3.8, 4) is 11.1 Å². The zero-order chi connectivity index (χ0) is 26.0. The zero-order valence-electron chi connectivity index (χ0n) is 19.5. The predicted molar refractivity (Wildman–Crippen MR) is 127 cm³/mol. The number of nitrogen functional groups attached to an aromatic ring is 1. The fraction of sp³-hybridized carbons (Fsp3) is 0.375. The number of aromatic nitrogens is 3. The van der Waals surface area contributed by atoms with E-state index in [1.54, 1.807) is 0 Å². The Morgan fingerprint density at radius 2 is 2.03 bits per heavy atom. The van der Waals surface area contributed by atoms with Gasteiger partial charge in [-0.05, 0) is 37.5 Å². The summed E-state index contributed by atoms with van der Waals surface area (Å²) in [4.78, 5) is 18.2. The molecule has 3 heterocycles. The zero-order valence-corrected chi connectivity index (χ0v) is 20.2. The van der Waals surface area contributed by atoms with Gasteiger partial charge in [0.25, 0.3) is 5.91 Å². The van der Waals surface area contributed by atoms with Gasteiger partial charge in [0.15, 0.2) is 5.69 Å². The molecule has 1 spiro atoms. The maximum atomic E-state index is 15.6. The van der Waals surface area contributed by atoms with Gasteiger partial charge in [0.2, 0.25) is 0 Å². The molecule has 0 unspecified atom stereocenters.